The highest BCUT2D eigenvalue weighted by atomic mass is 16.5. The van der Waals surface area contributed by atoms with Crippen LogP contribution in [0.3, 0.4) is 0 Å². The number of carboxylic acid groups (broad SMARTS) is 1. The van der Waals surface area contributed by atoms with Gasteiger partial charge in [-0.15, -0.1) is 0 Å². The number of urea groups is 1. The topological polar surface area (TPSA) is 98.9 Å². The van der Waals surface area contributed by atoms with Gasteiger partial charge in [0, 0.05) is 38.8 Å². The molecule has 8 nitrogen and oxygen atoms in total. The maximum absolute atomic E-state index is 11.9. The Labute approximate surface area is 116 Å². The van der Waals surface area contributed by atoms with Crippen LogP contribution in [0, 0.1) is 0 Å². The summed E-state index contributed by atoms with van der Waals surface area (Å²) in [6.45, 7) is 3.44. The molecule has 2 heterocycles. The summed E-state index contributed by atoms with van der Waals surface area (Å²) >= 11 is 0. The van der Waals surface area contributed by atoms with Gasteiger partial charge in [-0.25, -0.2) is 4.79 Å². The summed E-state index contributed by atoms with van der Waals surface area (Å²) in [6, 6.07) is 1.56. The predicted octanol–water partition coefficient (Wildman–Crippen LogP) is -0.0235. The van der Waals surface area contributed by atoms with E-state index in [0.717, 1.165) is 0 Å². The molecule has 2 N–H and O–H groups in total. The zero-order valence-corrected chi connectivity index (χ0v) is 11.1. The highest BCUT2D eigenvalue weighted by Crippen LogP contribution is 2.04. The molecule has 1 aromatic rings. The van der Waals surface area contributed by atoms with Crippen molar-refractivity contribution >= 4 is 12.0 Å². The third-order valence-electron chi connectivity index (χ3n) is 3.21. The number of carbonyl (C=O) groups excluding carboxylic acids is 1. The summed E-state index contributed by atoms with van der Waals surface area (Å²) in [4.78, 5) is 26.2. The Balaban J connectivity index is 1.67. The summed E-state index contributed by atoms with van der Waals surface area (Å²) < 4.78 is 4.90. The highest BCUT2D eigenvalue weighted by molar-refractivity contribution is 5.74. The molecule has 20 heavy (non-hydrogen) atoms. The number of rotatable bonds is 5. The first-order valence-electron chi connectivity index (χ1n) is 6.51. The van der Waals surface area contributed by atoms with Crippen molar-refractivity contribution in [2.75, 3.05) is 32.7 Å². The van der Waals surface area contributed by atoms with Gasteiger partial charge in [0.25, 0.3) is 0 Å². The van der Waals surface area contributed by atoms with Gasteiger partial charge in [-0.2, -0.15) is 0 Å². The molecular formula is C12H18N4O4. The number of aromatic nitrogens is 1. The van der Waals surface area contributed by atoms with Crippen molar-refractivity contribution in [3.05, 3.63) is 18.0 Å². The molecule has 0 saturated carbocycles. The van der Waals surface area contributed by atoms with Gasteiger partial charge < -0.3 is 19.8 Å². The first kappa shape index (κ1) is 14.3. The molecule has 1 aliphatic rings. The van der Waals surface area contributed by atoms with Crippen LogP contribution in [0.15, 0.2) is 16.8 Å². The molecule has 1 aromatic heterocycles. The minimum Gasteiger partial charge on any atom is -0.481 e. The van der Waals surface area contributed by atoms with E-state index in [9.17, 15) is 9.59 Å². The Bertz CT molecular complexity index is 440. The van der Waals surface area contributed by atoms with E-state index in [2.05, 4.69) is 10.5 Å². The van der Waals surface area contributed by atoms with Gasteiger partial charge in [-0.05, 0) is 0 Å². The van der Waals surface area contributed by atoms with Crippen LogP contribution in [0.2, 0.25) is 0 Å². The Hall–Kier alpha value is -2.09. The number of hydrogen-bond donors (Lipinski definition) is 2. The molecule has 0 atom stereocenters. The molecule has 1 aliphatic heterocycles. The molecule has 0 bridgehead atoms. The van der Waals surface area contributed by atoms with E-state index in [1.54, 1.807) is 11.0 Å². The van der Waals surface area contributed by atoms with E-state index in [4.69, 9.17) is 9.63 Å². The number of amides is 2. The van der Waals surface area contributed by atoms with E-state index in [1.165, 1.54) is 6.20 Å². The molecule has 0 aliphatic carbocycles. The molecule has 2 amide bonds. The van der Waals surface area contributed by atoms with Gasteiger partial charge in [-0.3, -0.25) is 9.69 Å². The second-order valence-electron chi connectivity index (χ2n) is 4.61. The molecule has 110 valence electrons. The molecule has 1 saturated heterocycles. The summed E-state index contributed by atoms with van der Waals surface area (Å²) in [7, 11) is 0. The van der Waals surface area contributed by atoms with Crippen LogP contribution in [0.4, 0.5) is 4.79 Å². The lowest BCUT2D eigenvalue weighted by molar-refractivity contribution is -0.137. The van der Waals surface area contributed by atoms with Gasteiger partial charge >= 0.3 is 12.0 Å². The minimum absolute atomic E-state index is 0.137. The summed E-state index contributed by atoms with van der Waals surface area (Å²) in [5.74, 6) is -0.185. The fourth-order valence-corrected chi connectivity index (χ4v) is 2.04. The number of carboxylic acids is 1. The molecule has 2 rings (SSSR count). The zero-order chi connectivity index (χ0) is 14.4. The van der Waals surface area contributed by atoms with E-state index in [0.29, 0.717) is 45.0 Å². The molecule has 0 aromatic carbocycles. The smallest absolute Gasteiger partial charge is 0.317 e. The van der Waals surface area contributed by atoms with E-state index < -0.39 is 5.97 Å². The monoisotopic (exact) mass is 282 g/mol. The third kappa shape index (κ3) is 4.23. The fraction of sp³-hybridized carbons (Fsp3) is 0.583. The maximum atomic E-state index is 11.9. The largest absolute Gasteiger partial charge is 0.481 e. The van der Waals surface area contributed by atoms with E-state index in [-0.39, 0.29) is 12.5 Å². The van der Waals surface area contributed by atoms with Crippen LogP contribution in [0.25, 0.3) is 0 Å². The number of piperazine rings is 1. The first-order chi connectivity index (χ1) is 9.65. The number of carbonyl (C=O) groups is 2. The molecule has 8 heteroatoms. The second kappa shape index (κ2) is 6.90. The van der Waals surface area contributed by atoms with Crippen molar-refractivity contribution in [1.29, 1.82) is 0 Å². The minimum atomic E-state index is -0.794. The van der Waals surface area contributed by atoms with Crippen molar-refractivity contribution in [2.45, 2.75) is 13.0 Å². The number of nitrogens with zero attached hydrogens (tertiary/aromatic N) is 3. The summed E-state index contributed by atoms with van der Waals surface area (Å²) in [6.07, 6.45) is 1.67. The van der Waals surface area contributed by atoms with Crippen molar-refractivity contribution in [2.24, 2.45) is 0 Å². The van der Waals surface area contributed by atoms with Crippen molar-refractivity contribution < 1.29 is 19.2 Å². The SMILES string of the molecule is O=C(O)CCN1CCN(C(=O)NCc2ccno2)CC1. The normalized spacial score (nSPS) is 16.1. The molecular weight excluding hydrogens is 264 g/mol. The molecule has 0 spiro atoms. The van der Waals surface area contributed by atoms with Crippen LogP contribution in [0.5, 0.6) is 0 Å². The Morgan fingerprint density at radius 3 is 2.70 bits per heavy atom. The molecule has 1 fully saturated rings. The Kier molecular flexibility index (Phi) is 4.94. The summed E-state index contributed by atoms with van der Waals surface area (Å²) in [5, 5.41) is 15.0. The Morgan fingerprint density at radius 1 is 1.35 bits per heavy atom. The van der Waals surface area contributed by atoms with Gasteiger partial charge in [0.15, 0.2) is 5.76 Å². The van der Waals surface area contributed by atoms with Gasteiger partial charge in [0.1, 0.15) is 0 Å². The number of hydrogen-bond acceptors (Lipinski definition) is 5. The van der Waals surface area contributed by atoms with Crippen LogP contribution in [0.1, 0.15) is 12.2 Å². The number of aliphatic carboxylic acids is 1. The van der Waals surface area contributed by atoms with Crippen LogP contribution in [-0.4, -0.2) is 64.8 Å². The van der Waals surface area contributed by atoms with Gasteiger partial charge in [0.05, 0.1) is 19.2 Å². The van der Waals surface area contributed by atoms with Crippen molar-refractivity contribution in [3.8, 4) is 0 Å². The molecule has 0 unspecified atom stereocenters. The van der Waals surface area contributed by atoms with Crippen molar-refractivity contribution in [1.82, 2.24) is 20.3 Å². The second-order valence-corrected chi connectivity index (χ2v) is 4.61. The van der Waals surface area contributed by atoms with Crippen LogP contribution in [-0.2, 0) is 11.3 Å². The van der Waals surface area contributed by atoms with E-state index >= 15 is 0 Å². The third-order valence-corrected chi connectivity index (χ3v) is 3.21. The lowest BCUT2D eigenvalue weighted by Gasteiger charge is -2.34. The quantitative estimate of drug-likeness (QED) is 0.787. The number of nitrogens with one attached hydrogen (secondary N) is 1. The van der Waals surface area contributed by atoms with Crippen molar-refractivity contribution in [3.63, 3.8) is 0 Å². The van der Waals surface area contributed by atoms with Crippen LogP contribution >= 0.6 is 0 Å². The fourth-order valence-electron chi connectivity index (χ4n) is 2.04. The lowest BCUT2D eigenvalue weighted by atomic mass is 10.3. The standard InChI is InChI=1S/C12H18N4O4/c17-11(18)2-4-15-5-7-16(8-6-15)12(19)13-9-10-1-3-14-20-10/h1,3H,2,4-9H2,(H,13,19)(H,17,18). The Morgan fingerprint density at radius 2 is 2.10 bits per heavy atom. The zero-order valence-electron chi connectivity index (χ0n) is 11.1. The average molecular weight is 282 g/mol. The van der Waals surface area contributed by atoms with E-state index in [1.807, 2.05) is 4.90 Å². The van der Waals surface area contributed by atoms with Gasteiger partial charge in [-0.1, -0.05) is 5.16 Å². The summed E-state index contributed by atoms with van der Waals surface area (Å²) in [5.41, 5.74) is 0. The first-order valence-corrected chi connectivity index (χ1v) is 6.51. The van der Waals surface area contributed by atoms with Crippen LogP contribution < -0.4 is 5.32 Å². The molecule has 0 radical (unpaired) electrons. The maximum Gasteiger partial charge on any atom is 0.317 e. The average Bonchev–Trinajstić information content (AvgIpc) is 2.96. The lowest BCUT2D eigenvalue weighted by Crippen LogP contribution is -2.51. The predicted molar refractivity (Wildman–Crippen MR) is 69.0 cm³/mol. The highest BCUT2D eigenvalue weighted by Gasteiger charge is 2.21. The van der Waals surface area contributed by atoms with Gasteiger partial charge in [0.2, 0.25) is 0 Å².